The lowest BCUT2D eigenvalue weighted by Gasteiger charge is -2.12. The summed E-state index contributed by atoms with van der Waals surface area (Å²) in [5.74, 6) is 0.807. The highest BCUT2D eigenvalue weighted by Crippen LogP contribution is 2.28. The molecule has 3 aromatic rings. The molecular weight excluding hydrogens is 433 g/mol. The summed E-state index contributed by atoms with van der Waals surface area (Å²) in [7, 11) is 0. The highest BCUT2D eigenvalue weighted by molar-refractivity contribution is 9.10. The Balaban J connectivity index is 1.59. The third kappa shape index (κ3) is 5.16. The first kappa shape index (κ1) is 19.1. The number of halogens is 3. The first-order valence-electron chi connectivity index (χ1n) is 8.17. The van der Waals surface area contributed by atoms with Gasteiger partial charge >= 0.3 is 0 Å². The molecule has 3 rings (SSSR count). The molecule has 0 unspecified atom stereocenters. The minimum absolute atomic E-state index is 0.495. The van der Waals surface area contributed by atoms with E-state index >= 15 is 0 Å². The van der Waals surface area contributed by atoms with Crippen molar-refractivity contribution in [1.29, 1.82) is 0 Å². The van der Waals surface area contributed by atoms with Gasteiger partial charge < -0.3 is 10.1 Å². The summed E-state index contributed by atoms with van der Waals surface area (Å²) in [4.78, 5) is 0. The Hall–Kier alpha value is -1.68. The summed E-state index contributed by atoms with van der Waals surface area (Å²) in [6.45, 7) is 3.19. The molecule has 0 aromatic heterocycles. The topological polar surface area (TPSA) is 21.3 Å². The summed E-state index contributed by atoms with van der Waals surface area (Å²) in [5, 5.41) is 4.87. The van der Waals surface area contributed by atoms with Crippen LogP contribution in [0.2, 0.25) is 10.0 Å². The zero-order valence-corrected chi connectivity index (χ0v) is 17.3. The third-order valence-electron chi connectivity index (χ3n) is 3.97. The SMILES string of the molecule is Cc1ccc(NCc2ccc(OCc3ccc(Cl)cc3)c(Br)c2)cc1Cl. The van der Waals surface area contributed by atoms with Gasteiger partial charge in [0, 0.05) is 22.3 Å². The molecule has 0 amide bonds. The van der Waals surface area contributed by atoms with Crippen LogP contribution in [0.4, 0.5) is 5.69 Å². The monoisotopic (exact) mass is 449 g/mol. The van der Waals surface area contributed by atoms with Crippen molar-refractivity contribution < 1.29 is 4.74 Å². The van der Waals surface area contributed by atoms with Crippen LogP contribution >= 0.6 is 39.1 Å². The van der Waals surface area contributed by atoms with Gasteiger partial charge in [0.15, 0.2) is 0 Å². The van der Waals surface area contributed by atoms with Crippen LogP contribution in [0.25, 0.3) is 0 Å². The summed E-state index contributed by atoms with van der Waals surface area (Å²) in [5.41, 5.74) is 4.29. The van der Waals surface area contributed by atoms with Gasteiger partial charge in [-0.25, -0.2) is 0 Å². The number of benzene rings is 3. The molecule has 0 radical (unpaired) electrons. The van der Waals surface area contributed by atoms with Crippen LogP contribution in [0.3, 0.4) is 0 Å². The molecule has 0 aliphatic rings. The molecule has 2 nitrogen and oxygen atoms in total. The predicted molar refractivity (Wildman–Crippen MR) is 113 cm³/mol. The maximum absolute atomic E-state index is 6.16. The Bertz CT molecular complexity index is 897. The molecule has 0 fully saturated rings. The minimum Gasteiger partial charge on any atom is -0.488 e. The van der Waals surface area contributed by atoms with E-state index in [-0.39, 0.29) is 0 Å². The van der Waals surface area contributed by atoms with Crippen LogP contribution in [-0.2, 0) is 13.2 Å². The van der Waals surface area contributed by atoms with Gasteiger partial charge in [0.25, 0.3) is 0 Å². The van der Waals surface area contributed by atoms with E-state index in [1.165, 1.54) is 0 Å². The van der Waals surface area contributed by atoms with Crippen molar-refractivity contribution in [1.82, 2.24) is 0 Å². The van der Waals surface area contributed by atoms with E-state index in [4.69, 9.17) is 27.9 Å². The molecule has 3 aromatic carbocycles. The van der Waals surface area contributed by atoms with E-state index < -0.39 is 0 Å². The highest BCUT2D eigenvalue weighted by Gasteiger charge is 2.05. The maximum Gasteiger partial charge on any atom is 0.134 e. The lowest BCUT2D eigenvalue weighted by atomic mass is 10.2. The van der Waals surface area contributed by atoms with Crippen LogP contribution in [-0.4, -0.2) is 0 Å². The zero-order chi connectivity index (χ0) is 18.5. The third-order valence-corrected chi connectivity index (χ3v) is 5.25. The fourth-order valence-corrected chi connectivity index (χ4v) is 3.27. The van der Waals surface area contributed by atoms with Crippen LogP contribution in [0.1, 0.15) is 16.7 Å². The number of ether oxygens (including phenoxy) is 1. The van der Waals surface area contributed by atoms with Crippen molar-refractivity contribution in [2.45, 2.75) is 20.1 Å². The fraction of sp³-hybridized carbons (Fsp3) is 0.143. The van der Waals surface area contributed by atoms with Crippen molar-refractivity contribution >= 4 is 44.8 Å². The van der Waals surface area contributed by atoms with E-state index in [1.54, 1.807) is 0 Å². The number of hydrogen-bond donors (Lipinski definition) is 1. The summed E-state index contributed by atoms with van der Waals surface area (Å²) < 4.78 is 6.81. The van der Waals surface area contributed by atoms with Crippen molar-refractivity contribution in [3.8, 4) is 5.75 Å². The first-order valence-corrected chi connectivity index (χ1v) is 9.72. The average Bonchev–Trinajstić information content (AvgIpc) is 2.63. The molecule has 0 aliphatic carbocycles. The van der Waals surface area contributed by atoms with Gasteiger partial charge in [-0.15, -0.1) is 0 Å². The molecule has 1 N–H and O–H groups in total. The molecule has 0 heterocycles. The number of rotatable bonds is 6. The molecule has 0 aliphatic heterocycles. The van der Waals surface area contributed by atoms with Crippen molar-refractivity contribution in [2.75, 3.05) is 5.32 Å². The standard InChI is InChI=1S/C21H18BrCl2NO/c1-14-2-8-18(11-20(14)24)25-12-16-5-9-21(19(22)10-16)26-13-15-3-6-17(23)7-4-15/h2-11,25H,12-13H2,1H3. The number of aryl methyl sites for hydroxylation is 1. The second-order valence-electron chi connectivity index (χ2n) is 6.00. The lowest BCUT2D eigenvalue weighted by Crippen LogP contribution is -2.01. The summed E-state index contributed by atoms with van der Waals surface area (Å²) in [6, 6.07) is 19.7. The molecule has 26 heavy (non-hydrogen) atoms. The summed E-state index contributed by atoms with van der Waals surface area (Å²) >= 11 is 15.6. The Morgan fingerprint density at radius 2 is 1.65 bits per heavy atom. The smallest absolute Gasteiger partial charge is 0.134 e. The first-order chi connectivity index (χ1) is 12.5. The molecule has 0 saturated heterocycles. The van der Waals surface area contributed by atoms with E-state index in [0.717, 1.165) is 42.6 Å². The highest BCUT2D eigenvalue weighted by atomic mass is 79.9. The lowest BCUT2D eigenvalue weighted by molar-refractivity contribution is 0.304. The Morgan fingerprint density at radius 1 is 0.923 bits per heavy atom. The van der Waals surface area contributed by atoms with E-state index in [9.17, 15) is 0 Å². The van der Waals surface area contributed by atoms with Gasteiger partial charge in [-0.3, -0.25) is 0 Å². The average molecular weight is 451 g/mol. The maximum atomic E-state index is 6.16. The van der Waals surface area contributed by atoms with Crippen LogP contribution in [0.15, 0.2) is 65.1 Å². The number of hydrogen-bond acceptors (Lipinski definition) is 2. The van der Waals surface area contributed by atoms with Gasteiger partial charge in [0.1, 0.15) is 12.4 Å². The van der Waals surface area contributed by atoms with Gasteiger partial charge in [0.05, 0.1) is 4.47 Å². The molecule has 134 valence electrons. The molecule has 5 heteroatoms. The summed E-state index contributed by atoms with van der Waals surface area (Å²) in [6.07, 6.45) is 0. The normalized spacial score (nSPS) is 10.6. The Kier molecular flexibility index (Phi) is 6.47. The van der Waals surface area contributed by atoms with Crippen LogP contribution in [0, 0.1) is 6.92 Å². The van der Waals surface area contributed by atoms with Crippen LogP contribution in [0.5, 0.6) is 5.75 Å². The van der Waals surface area contributed by atoms with Gasteiger partial charge in [0.2, 0.25) is 0 Å². The largest absolute Gasteiger partial charge is 0.488 e. The molecular formula is C21H18BrCl2NO. The second kappa shape index (κ2) is 8.81. The quantitative estimate of drug-likeness (QED) is 0.426. The second-order valence-corrected chi connectivity index (χ2v) is 7.70. The molecule has 0 saturated carbocycles. The molecule has 0 atom stereocenters. The van der Waals surface area contributed by atoms with E-state index in [0.29, 0.717) is 13.2 Å². The van der Waals surface area contributed by atoms with Crippen LogP contribution < -0.4 is 10.1 Å². The van der Waals surface area contributed by atoms with E-state index in [2.05, 4.69) is 27.3 Å². The zero-order valence-electron chi connectivity index (χ0n) is 14.2. The Morgan fingerprint density at radius 3 is 2.35 bits per heavy atom. The van der Waals surface area contributed by atoms with Gasteiger partial charge in [-0.05, 0) is 75.9 Å². The number of nitrogens with one attached hydrogen (secondary N) is 1. The fourth-order valence-electron chi connectivity index (χ4n) is 2.42. The minimum atomic E-state index is 0.495. The van der Waals surface area contributed by atoms with Crippen molar-refractivity contribution in [3.63, 3.8) is 0 Å². The Labute approximate surface area is 172 Å². The van der Waals surface area contributed by atoms with E-state index in [1.807, 2.05) is 61.5 Å². The van der Waals surface area contributed by atoms with Crippen molar-refractivity contribution in [3.05, 3.63) is 91.9 Å². The molecule has 0 spiro atoms. The van der Waals surface area contributed by atoms with Gasteiger partial charge in [-0.1, -0.05) is 47.5 Å². The van der Waals surface area contributed by atoms with Crippen molar-refractivity contribution in [2.24, 2.45) is 0 Å². The number of anilines is 1. The van der Waals surface area contributed by atoms with Gasteiger partial charge in [-0.2, -0.15) is 0 Å². The molecule has 0 bridgehead atoms. The predicted octanol–water partition coefficient (Wildman–Crippen LogP) is 7.26.